The molecule has 0 unspecified atom stereocenters. The van der Waals surface area contributed by atoms with Crippen LogP contribution in [0.4, 0.5) is 5.69 Å². The summed E-state index contributed by atoms with van der Waals surface area (Å²) in [5.41, 5.74) is -0.915. The van der Waals surface area contributed by atoms with Crippen LogP contribution in [0.25, 0.3) is 4.98 Å². The molecule has 0 amide bonds. The molecule has 0 atom stereocenters. The number of hydrogen-bond acceptors (Lipinski definition) is 6. The van der Waals surface area contributed by atoms with Crippen LogP contribution in [-0.4, -0.2) is 33.1 Å². The monoisotopic (exact) mass is 364 g/mol. The number of hydrogen-bond donors (Lipinski definition) is 2. The Morgan fingerprint density at radius 1 is 1.20 bits per heavy atom. The summed E-state index contributed by atoms with van der Waals surface area (Å²) in [5.74, 6) is -0.424. The summed E-state index contributed by atoms with van der Waals surface area (Å²) in [5, 5.41) is 7.99. The number of methoxy groups -OCH3 is 1. The second-order valence-electron chi connectivity index (χ2n) is 3.12. The van der Waals surface area contributed by atoms with E-state index in [1.54, 1.807) is 0 Å². The fourth-order valence-electron chi connectivity index (χ4n) is 1.31. The average molecular weight is 365 g/mol. The first-order valence-corrected chi connectivity index (χ1v) is 7.50. The highest BCUT2D eigenvalue weighted by Crippen LogP contribution is 2.43. The fourth-order valence-corrected chi connectivity index (χ4v) is 3.85. The molecule has 0 aliphatic rings. The maximum atomic E-state index is 11.2. The predicted octanol–water partition coefficient (Wildman–Crippen LogP) is -1.67. The molecule has 0 bridgehead atoms. The van der Waals surface area contributed by atoms with Crippen LogP contribution in [0.5, 0.6) is 5.75 Å². The van der Waals surface area contributed by atoms with Gasteiger partial charge < -0.3 is 17.1 Å². The summed E-state index contributed by atoms with van der Waals surface area (Å²) in [6, 6.07) is 0.800. The van der Waals surface area contributed by atoms with E-state index in [9.17, 15) is 16.8 Å². The van der Waals surface area contributed by atoms with Gasteiger partial charge in [0.1, 0.15) is 4.90 Å². The van der Waals surface area contributed by atoms with Crippen molar-refractivity contribution >= 4 is 37.5 Å². The van der Waals surface area contributed by atoms with Gasteiger partial charge in [0.05, 0.1) is 12.1 Å². The van der Waals surface area contributed by atoms with Gasteiger partial charge in [-0.3, -0.25) is 9.11 Å². The summed E-state index contributed by atoms with van der Waals surface area (Å²) in [7, 11) is -9.22. The van der Waals surface area contributed by atoms with Gasteiger partial charge in [-0.1, -0.05) is 11.6 Å². The van der Waals surface area contributed by atoms with Gasteiger partial charge in [-0.15, -0.1) is 0 Å². The third-order valence-corrected chi connectivity index (χ3v) is 4.36. The number of halogens is 2. The third kappa shape index (κ3) is 3.48. The SMILES string of the molecule is COc1cc(Cl)c(S(=O)(=O)O)c(S(=O)(=O)O)c1[N+]#N.[Cl-]. The minimum absolute atomic E-state index is 0. The van der Waals surface area contributed by atoms with E-state index >= 15 is 0 Å². The first-order chi connectivity index (χ1) is 8.54. The van der Waals surface area contributed by atoms with Crippen molar-refractivity contribution in [3.63, 3.8) is 0 Å². The molecule has 0 saturated heterocycles. The zero-order chi connectivity index (χ0) is 15.0. The van der Waals surface area contributed by atoms with Gasteiger partial charge in [0.2, 0.25) is 16.0 Å². The Balaban J connectivity index is 0.00000361. The smallest absolute Gasteiger partial charge is 0.448 e. The van der Waals surface area contributed by atoms with Crippen LogP contribution in [0.3, 0.4) is 0 Å². The molecule has 1 aromatic rings. The van der Waals surface area contributed by atoms with Gasteiger partial charge in [-0.25, -0.2) is 0 Å². The Labute approximate surface area is 125 Å². The quantitative estimate of drug-likeness (QED) is 0.478. The number of ether oxygens (including phenoxy) is 1. The molecule has 20 heavy (non-hydrogen) atoms. The van der Waals surface area contributed by atoms with E-state index in [4.69, 9.17) is 26.1 Å². The molecule has 0 aliphatic heterocycles. The van der Waals surface area contributed by atoms with Crippen LogP contribution in [0, 0.1) is 5.39 Å². The second-order valence-corrected chi connectivity index (χ2v) is 6.24. The molecular weight excluding hydrogens is 359 g/mol. The first kappa shape index (κ1) is 18.8. The number of nitrogens with zero attached hydrogens (tertiary/aromatic N) is 2. The number of rotatable bonds is 3. The molecule has 1 rings (SSSR count). The van der Waals surface area contributed by atoms with Crippen LogP contribution in [0.1, 0.15) is 0 Å². The van der Waals surface area contributed by atoms with Crippen molar-refractivity contribution in [2.45, 2.75) is 9.79 Å². The first-order valence-electron chi connectivity index (χ1n) is 4.24. The van der Waals surface area contributed by atoms with E-state index in [1.807, 2.05) is 0 Å². The maximum absolute atomic E-state index is 11.2. The maximum Gasteiger partial charge on any atom is 0.448 e. The molecule has 0 aromatic heterocycles. The van der Waals surface area contributed by atoms with Crippen molar-refractivity contribution in [1.82, 2.24) is 0 Å². The summed E-state index contributed by atoms with van der Waals surface area (Å²) >= 11 is 5.51. The Kier molecular flexibility index (Phi) is 5.73. The molecule has 0 saturated carbocycles. The molecule has 0 heterocycles. The van der Waals surface area contributed by atoms with E-state index < -0.39 is 46.5 Å². The lowest BCUT2D eigenvalue weighted by atomic mass is 10.3. The molecule has 13 heteroatoms. The lowest BCUT2D eigenvalue weighted by Gasteiger charge is -2.06. The highest BCUT2D eigenvalue weighted by atomic mass is 35.5. The van der Waals surface area contributed by atoms with Crippen molar-refractivity contribution in [3.05, 3.63) is 16.1 Å². The lowest BCUT2D eigenvalue weighted by Crippen LogP contribution is -3.00. The molecule has 0 aliphatic carbocycles. The molecular formula is C7H6Cl2N2O7S2. The molecule has 0 spiro atoms. The van der Waals surface area contributed by atoms with Crippen molar-refractivity contribution in [2.24, 2.45) is 0 Å². The fraction of sp³-hybridized carbons (Fsp3) is 0.143. The van der Waals surface area contributed by atoms with E-state index in [1.165, 1.54) is 0 Å². The van der Waals surface area contributed by atoms with Crippen LogP contribution >= 0.6 is 11.6 Å². The van der Waals surface area contributed by atoms with Gasteiger partial charge in [0.25, 0.3) is 10.1 Å². The summed E-state index contributed by atoms with van der Waals surface area (Å²) < 4.78 is 67.2. The molecule has 9 nitrogen and oxygen atoms in total. The summed E-state index contributed by atoms with van der Waals surface area (Å²) in [4.78, 5) is -0.177. The van der Waals surface area contributed by atoms with E-state index in [0.29, 0.717) is 0 Å². The summed E-state index contributed by atoms with van der Waals surface area (Å²) in [6.07, 6.45) is 0. The van der Waals surface area contributed by atoms with Crippen LogP contribution < -0.4 is 17.1 Å². The van der Waals surface area contributed by atoms with Gasteiger partial charge >= 0.3 is 15.8 Å². The molecule has 0 radical (unpaired) electrons. The largest absolute Gasteiger partial charge is 1.00 e. The minimum atomic E-state index is -5.17. The van der Waals surface area contributed by atoms with Gasteiger partial charge in [-0.2, -0.15) is 16.8 Å². The van der Waals surface area contributed by atoms with Crippen molar-refractivity contribution in [2.75, 3.05) is 7.11 Å². The average Bonchev–Trinajstić information content (AvgIpc) is 2.24. The van der Waals surface area contributed by atoms with Crippen molar-refractivity contribution < 1.29 is 43.1 Å². The van der Waals surface area contributed by atoms with E-state index in [2.05, 4.69) is 9.71 Å². The van der Waals surface area contributed by atoms with Crippen LogP contribution in [0.15, 0.2) is 15.9 Å². The van der Waals surface area contributed by atoms with Crippen LogP contribution in [0.2, 0.25) is 5.02 Å². The molecule has 112 valence electrons. The Morgan fingerprint density at radius 3 is 1.95 bits per heavy atom. The lowest BCUT2D eigenvalue weighted by molar-refractivity contribution is -0.0000125. The molecule has 2 N–H and O–H groups in total. The molecule has 0 fully saturated rings. The topological polar surface area (TPSA) is 146 Å². The molecule has 1 aromatic carbocycles. The van der Waals surface area contributed by atoms with Gasteiger partial charge in [0, 0.05) is 6.07 Å². The minimum Gasteiger partial charge on any atom is -1.00 e. The van der Waals surface area contributed by atoms with Gasteiger partial charge in [-0.05, 0) is 0 Å². The zero-order valence-electron chi connectivity index (χ0n) is 9.48. The number of benzene rings is 1. The van der Waals surface area contributed by atoms with E-state index in [0.717, 1.165) is 13.2 Å². The predicted molar refractivity (Wildman–Crippen MR) is 62.4 cm³/mol. The standard InChI is InChI=1S/C7H5ClN2O7S2.ClH/c1-17-4-2-3(8)6(18(11,12)13)7(5(4)10-9)19(14,15)16;/h2H,1H3,(H-,11,12,13,14,15,16);1H. The van der Waals surface area contributed by atoms with E-state index in [-0.39, 0.29) is 12.4 Å². The normalized spacial score (nSPS) is 11.3. The Hall–Kier alpha value is -1.16. The third-order valence-electron chi connectivity index (χ3n) is 1.97. The van der Waals surface area contributed by atoms with Crippen molar-refractivity contribution in [1.29, 1.82) is 5.39 Å². The Morgan fingerprint density at radius 2 is 1.65 bits per heavy atom. The second kappa shape index (κ2) is 6.08. The van der Waals surface area contributed by atoms with Crippen LogP contribution in [-0.2, 0) is 20.2 Å². The highest BCUT2D eigenvalue weighted by Gasteiger charge is 2.40. The van der Waals surface area contributed by atoms with Crippen molar-refractivity contribution in [3.8, 4) is 5.75 Å². The Bertz CT molecular complexity index is 782. The highest BCUT2D eigenvalue weighted by molar-refractivity contribution is 7.89. The number of diazo groups is 1. The summed E-state index contributed by atoms with van der Waals surface area (Å²) in [6.45, 7) is 0. The zero-order valence-corrected chi connectivity index (χ0v) is 12.6. The van der Waals surface area contributed by atoms with Gasteiger partial charge in [0.15, 0.2) is 4.98 Å².